The van der Waals surface area contributed by atoms with Gasteiger partial charge in [0.15, 0.2) is 0 Å². The highest BCUT2D eigenvalue weighted by Crippen LogP contribution is 2.41. The average molecular weight is 308 g/mol. The minimum atomic E-state index is -0.388. The Balaban J connectivity index is 1.86. The van der Waals surface area contributed by atoms with Gasteiger partial charge in [-0.3, -0.25) is 10.1 Å². The minimum absolute atomic E-state index is 0.0356. The van der Waals surface area contributed by atoms with Crippen LogP contribution in [0.25, 0.3) is 0 Å². The molecule has 2 aromatic rings. The van der Waals surface area contributed by atoms with Gasteiger partial charge in [-0.2, -0.15) is 0 Å². The van der Waals surface area contributed by atoms with E-state index in [-0.39, 0.29) is 22.8 Å². The maximum atomic E-state index is 10.8. The number of hydrogen-bond donors (Lipinski definition) is 0. The molecule has 2 atom stereocenters. The van der Waals surface area contributed by atoms with Crippen LogP contribution in [0.3, 0.4) is 0 Å². The number of non-ortho nitro benzene ring substituents is 1. The molecule has 0 bridgehead atoms. The molecule has 3 rings (SSSR count). The van der Waals surface area contributed by atoms with Crippen molar-refractivity contribution in [1.29, 1.82) is 0 Å². The predicted octanol–water partition coefficient (Wildman–Crippen LogP) is 4.94. The van der Waals surface area contributed by atoms with E-state index in [1.807, 2.05) is 25.1 Å². The van der Waals surface area contributed by atoms with Crippen molar-refractivity contribution in [1.82, 2.24) is 0 Å². The van der Waals surface area contributed by atoms with Crippen molar-refractivity contribution < 1.29 is 9.66 Å². The van der Waals surface area contributed by atoms with Crippen LogP contribution in [0.5, 0.6) is 0 Å². The van der Waals surface area contributed by atoms with E-state index in [0.717, 1.165) is 29.5 Å². The summed E-state index contributed by atoms with van der Waals surface area (Å²) in [5, 5.41) is 10.8. The molecule has 117 valence electrons. The molecule has 2 aromatic carbocycles. The summed E-state index contributed by atoms with van der Waals surface area (Å²) >= 11 is 0. The summed E-state index contributed by atoms with van der Waals surface area (Å²) in [6.45, 7) is 1.89. The fourth-order valence-electron chi connectivity index (χ4n) is 2.95. The third kappa shape index (κ3) is 3.32. The molecule has 1 heterocycles. The largest absolute Gasteiger partial charge is 0.361 e. The first-order chi connectivity index (χ1) is 11.2. The minimum Gasteiger partial charge on any atom is -0.361 e. The Morgan fingerprint density at radius 1 is 1.09 bits per heavy atom. The van der Waals surface area contributed by atoms with Gasteiger partial charge in [-0.05, 0) is 54.7 Å². The van der Waals surface area contributed by atoms with E-state index < -0.39 is 0 Å². The van der Waals surface area contributed by atoms with Gasteiger partial charge in [-0.25, -0.2) is 0 Å². The van der Waals surface area contributed by atoms with Crippen molar-refractivity contribution in [2.75, 3.05) is 0 Å². The average Bonchev–Trinajstić information content (AvgIpc) is 2.62. The zero-order valence-corrected chi connectivity index (χ0v) is 12.9. The van der Waals surface area contributed by atoms with Crippen LogP contribution >= 0.6 is 0 Å². The molecule has 4 nitrogen and oxygen atoms in total. The standard InChI is InChI=1S/C19H18NO3/c1-2-14-10-13-18(15-6-4-3-5-7-15)23-19(14)16-8-11-17(12-9-16)20(21)22/h3-9,11-12,18-19H,10,13H2,1H3. The Labute approximate surface area is 135 Å². The number of nitrogens with zero attached hydrogens (tertiary/aromatic N) is 1. The van der Waals surface area contributed by atoms with Crippen molar-refractivity contribution in [3.05, 3.63) is 87.5 Å². The van der Waals surface area contributed by atoms with Gasteiger partial charge >= 0.3 is 0 Å². The second-order valence-electron chi connectivity index (χ2n) is 5.58. The molecular formula is C19H18NO3. The van der Waals surface area contributed by atoms with Crippen LogP contribution in [0.4, 0.5) is 5.69 Å². The van der Waals surface area contributed by atoms with E-state index in [9.17, 15) is 10.1 Å². The van der Waals surface area contributed by atoms with Crippen molar-refractivity contribution in [3.63, 3.8) is 0 Å². The van der Waals surface area contributed by atoms with Crippen molar-refractivity contribution in [2.45, 2.75) is 32.0 Å². The summed E-state index contributed by atoms with van der Waals surface area (Å²) in [6.07, 6.45) is 4.90. The SMILES string of the molecule is C/[C]=C1\CCC(c2ccccc2)OC1c1ccc([N+](=O)[O-])cc1. The highest BCUT2D eigenvalue weighted by Gasteiger charge is 2.28. The lowest BCUT2D eigenvalue weighted by Gasteiger charge is -2.33. The highest BCUT2D eigenvalue weighted by atomic mass is 16.6. The molecule has 1 radical (unpaired) electrons. The first-order valence-electron chi connectivity index (χ1n) is 7.67. The van der Waals surface area contributed by atoms with Gasteiger partial charge < -0.3 is 4.74 Å². The molecule has 23 heavy (non-hydrogen) atoms. The van der Waals surface area contributed by atoms with Gasteiger partial charge in [0.05, 0.1) is 11.0 Å². The second kappa shape index (κ2) is 6.75. The molecule has 1 aliphatic heterocycles. The molecule has 0 N–H and O–H groups in total. The van der Waals surface area contributed by atoms with Crippen LogP contribution in [0.15, 0.2) is 60.2 Å². The third-order valence-electron chi connectivity index (χ3n) is 4.19. The molecule has 1 fully saturated rings. The van der Waals surface area contributed by atoms with Crippen LogP contribution in [0, 0.1) is 16.2 Å². The summed E-state index contributed by atoms with van der Waals surface area (Å²) in [4.78, 5) is 10.4. The Morgan fingerprint density at radius 2 is 1.78 bits per heavy atom. The summed E-state index contributed by atoms with van der Waals surface area (Å²) < 4.78 is 6.29. The first-order valence-corrected chi connectivity index (χ1v) is 7.67. The van der Waals surface area contributed by atoms with E-state index in [1.165, 1.54) is 12.1 Å². The topological polar surface area (TPSA) is 52.4 Å². The van der Waals surface area contributed by atoms with E-state index >= 15 is 0 Å². The molecule has 2 unspecified atom stereocenters. The van der Waals surface area contributed by atoms with Crippen molar-refractivity contribution in [3.8, 4) is 0 Å². The van der Waals surface area contributed by atoms with Gasteiger partial charge in [0.1, 0.15) is 6.10 Å². The number of benzene rings is 2. The lowest BCUT2D eigenvalue weighted by molar-refractivity contribution is -0.384. The third-order valence-corrected chi connectivity index (χ3v) is 4.19. The van der Waals surface area contributed by atoms with Gasteiger partial charge in [0, 0.05) is 12.1 Å². The van der Waals surface area contributed by atoms with E-state index in [0.29, 0.717) is 0 Å². The smallest absolute Gasteiger partial charge is 0.269 e. The lowest BCUT2D eigenvalue weighted by Crippen LogP contribution is -2.19. The Hall–Kier alpha value is -2.46. The molecule has 4 heteroatoms. The van der Waals surface area contributed by atoms with Gasteiger partial charge in [-0.15, -0.1) is 0 Å². The summed E-state index contributed by atoms with van der Waals surface area (Å²) in [5.41, 5.74) is 3.29. The number of ether oxygens (including phenoxy) is 1. The number of rotatable bonds is 3. The monoisotopic (exact) mass is 308 g/mol. The van der Waals surface area contributed by atoms with E-state index in [4.69, 9.17) is 4.74 Å². The normalized spacial score (nSPS) is 22.9. The maximum absolute atomic E-state index is 10.8. The molecule has 0 saturated carbocycles. The fourth-order valence-corrected chi connectivity index (χ4v) is 2.95. The Kier molecular flexibility index (Phi) is 4.53. The molecule has 0 aliphatic carbocycles. The van der Waals surface area contributed by atoms with Crippen LogP contribution in [-0.2, 0) is 4.74 Å². The van der Waals surface area contributed by atoms with E-state index in [1.54, 1.807) is 12.1 Å². The van der Waals surface area contributed by atoms with Crippen LogP contribution in [0.2, 0.25) is 0 Å². The van der Waals surface area contributed by atoms with Gasteiger partial charge in [0.2, 0.25) is 0 Å². The van der Waals surface area contributed by atoms with E-state index in [2.05, 4.69) is 18.2 Å². The quantitative estimate of drug-likeness (QED) is 0.596. The van der Waals surface area contributed by atoms with Crippen LogP contribution in [0.1, 0.15) is 43.1 Å². The molecule has 0 spiro atoms. The number of hydrogen-bond acceptors (Lipinski definition) is 3. The summed E-state index contributed by atoms with van der Waals surface area (Å²) in [6, 6.07) is 16.8. The Bertz CT molecular complexity index is 707. The zero-order chi connectivity index (χ0) is 16.2. The summed E-state index contributed by atoms with van der Waals surface area (Å²) in [7, 11) is 0. The zero-order valence-electron chi connectivity index (χ0n) is 12.9. The number of nitro benzene ring substituents is 1. The van der Waals surface area contributed by atoms with Crippen LogP contribution in [-0.4, -0.2) is 4.92 Å². The lowest BCUT2D eigenvalue weighted by atomic mass is 9.90. The molecule has 0 aromatic heterocycles. The van der Waals surface area contributed by atoms with Gasteiger partial charge in [-0.1, -0.05) is 30.3 Å². The number of allylic oxidation sites excluding steroid dienone is 1. The molecule has 0 amide bonds. The predicted molar refractivity (Wildman–Crippen MR) is 87.8 cm³/mol. The number of nitro groups is 1. The highest BCUT2D eigenvalue weighted by molar-refractivity contribution is 5.36. The molecule has 1 aliphatic rings. The molecular weight excluding hydrogens is 290 g/mol. The van der Waals surface area contributed by atoms with Crippen molar-refractivity contribution in [2.24, 2.45) is 0 Å². The maximum Gasteiger partial charge on any atom is 0.269 e. The van der Waals surface area contributed by atoms with Gasteiger partial charge in [0.25, 0.3) is 5.69 Å². The second-order valence-corrected chi connectivity index (χ2v) is 5.58. The Morgan fingerprint density at radius 3 is 2.39 bits per heavy atom. The summed E-state index contributed by atoms with van der Waals surface area (Å²) in [5.74, 6) is 0. The fraction of sp³-hybridized carbons (Fsp3) is 0.263. The van der Waals surface area contributed by atoms with Crippen LogP contribution < -0.4 is 0 Å². The molecule has 1 saturated heterocycles. The van der Waals surface area contributed by atoms with Crippen molar-refractivity contribution >= 4 is 5.69 Å². The first kappa shape index (κ1) is 15.4.